The van der Waals surface area contributed by atoms with Crippen LogP contribution in [-0.4, -0.2) is 29.0 Å². The number of phenolic OH excluding ortho intramolecular Hbond substituents is 1. The highest BCUT2D eigenvalue weighted by Gasteiger charge is 2.31. The Morgan fingerprint density at radius 3 is 2.26 bits per heavy atom. The summed E-state index contributed by atoms with van der Waals surface area (Å²) in [6.07, 6.45) is 4.96. The van der Waals surface area contributed by atoms with E-state index in [2.05, 4.69) is 0 Å². The first kappa shape index (κ1) is 12.8. The average Bonchev–Trinajstić information content (AvgIpc) is 3.26. The minimum absolute atomic E-state index is 0.0224. The van der Waals surface area contributed by atoms with Crippen molar-refractivity contribution in [2.75, 3.05) is 13.1 Å². The number of hydrogen-bond acceptors (Lipinski definition) is 2. The fraction of sp³-hybridized carbons (Fsp3) is 0.533. The SMILES string of the molecule is O=C(c1ccc(O)c(Cl)c1)N(CC1CC1)CC1CC1. The molecule has 0 spiro atoms. The van der Waals surface area contributed by atoms with Crippen molar-refractivity contribution in [3.63, 3.8) is 0 Å². The topological polar surface area (TPSA) is 40.5 Å². The standard InChI is InChI=1S/C15H18ClNO2/c16-13-7-12(5-6-14(13)18)15(19)17(8-10-1-2-10)9-11-3-4-11/h5-7,10-11,18H,1-4,8-9H2. The third-order valence-corrected chi connectivity index (χ3v) is 4.14. The highest BCUT2D eigenvalue weighted by atomic mass is 35.5. The molecule has 2 aliphatic carbocycles. The lowest BCUT2D eigenvalue weighted by Crippen LogP contribution is -2.34. The van der Waals surface area contributed by atoms with E-state index >= 15 is 0 Å². The third kappa shape index (κ3) is 3.21. The van der Waals surface area contributed by atoms with Gasteiger partial charge in [0.05, 0.1) is 5.02 Å². The van der Waals surface area contributed by atoms with E-state index in [1.54, 1.807) is 12.1 Å². The lowest BCUT2D eigenvalue weighted by atomic mass is 10.1. The molecular formula is C15H18ClNO2. The van der Waals surface area contributed by atoms with Gasteiger partial charge in [-0.25, -0.2) is 0 Å². The monoisotopic (exact) mass is 279 g/mol. The largest absolute Gasteiger partial charge is 0.506 e. The molecule has 0 aromatic heterocycles. The second kappa shape index (κ2) is 5.04. The Bertz CT molecular complexity index is 481. The number of carbonyl (C=O) groups excluding carboxylic acids is 1. The molecule has 19 heavy (non-hydrogen) atoms. The summed E-state index contributed by atoms with van der Waals surface area (Å²) in [5.41, 5.74) is 0.573. The summed E-state index contributed by atoms with van der Waals surface area (Å²) < 4.78 is 0. The Morgan fingerprint density at radius 2 is 1.79 bits per heavy atom. The quantitative estimate of drug-likeness (QED) is 0.898. The van der Waals surface area contributed by atoms with Gasteiger partial charge in [-0.05, 0) is 55.7 Å². The van der Waals surface area contributed by atoms with Gasteiger partial charge < -0.3 is 10.0 Å². The van der Waals surface area contributed by atoms with Crippen LogP contribution in [0.15, 0.2) is 18.2 Å². The summed E-state index contributed by atoms with van der Waals surface area (Å²) in [7, 11) is 0. The molecule has 0 aliphatic heterocycles. The van der Waals surface area contributed by atoms with Gasteiger partial charge >= 0.3 is 0 Å². The van der Waals surface area contributed by atoms with Crippen molar-refractivity contribution in [2.45, 2.75) is 25.7 Å². The van der Waals surface area contributed by atoms with Crippen LogP contribution in [0.4, 0.5) is 0 Å². The van der Waals surface area contributed by atoms with E-state index in [9.17, 15) is 9.90 Å². The second-order valence-corrected chi connectivity index (χ2v) is 6.17. The van der Waals surface area contributed by atoms with E-state index in [1.165, 1.54) is 31.7 Å². The van der Waals surface area contributed by atoms with Crippen LogP contribution in [0, 0.1) is 11.8 Å². The molecule has 4 heteroatoms. The van der Waals surface area contributed by atoms with Crippen molar-refractivity contribution in [3.8, 4) is 5.75 Å². The molecule has 1 N–H and O–H groups in total. The van der Waals surface area contributed by atoms with Crippen LogP contribution in [0.25, 0.3) is 0 Å². The Labute approximate surface area is 118 Å². The Balaban J connectivity index is 1.74. The maximum Gasteiger partial charge on any atom is 0.253 e. The highest BCUT2D eigenvalue weighted by molar-refractivity contribution is 6.32. The molecule has 0 radical (unpaired) electrons. The molecular weight excluding hydrogens is 262 g/mol. The van der Waals surface area contributed by atoms with Crippen LogP contribution in [0.5, 0.6) is 5.75 Å². The highest BCUT2D eigenvalue weighted by Crippen LogP contribution is 2.34. The van der Waals surface area contributed by atoms with Gasteiger partial charge in [-0.1, -0.05) is 11.6 Å². The van der Waals surface area contributed by atoms with Gasteiger partial charge in [0.25, 0.3) is 5.91 Å². The predicted molar refractivity (Wildman–Crippen MR) is 74.5 cm³/mol. The number of hydrogen-bond donors (Lipinski definition) is 1. The number of aromatic hydroxyl groups is 1. The number of phenols is 1. The van der Waals surface area contributed by atoms with Crippen molar-refractivity contribution in [1.82, 2.24) is 4.90 Å². The fourth-order valence-corrected chi connectivity index (χ4v) is 2.47. The van der Waals surface area contributed by atoms with E-state index in [0.717, 1.165) is 13.1 Å². The van der Waals surface area contributed by atoms with Crippen molar-refractivity contribution < 1.29 is 9.90 Å². The number of nitrogens with zero attached hydrogens (tertiary/aromatic N) is 1. The van der Waals surface area contributed by atoms with Crippen LogP contribution >= 0.6 is 11.6 Å². The van der Waals surface area contributed by atoms with Gasteiger partial charge in [-0.3, -0.25) is 4.79 Å². The minimum Gasteiger partial charge on any atom is -0.506 e. The molecule has 0 unspecified atom stereocenters. The van der Waals surface area contributed by atoms with Gasteiger partial charge in [-0.2, -0.15) is 0 Å². The van der Waals surface area contributed by atoms with Crippen molar-refractivity contribution >= 4 is 17.5 Å². The smallest absolute Gasteiger partial charge is 0.253 e. The van der Waals surface area contributed by atoms with Crippen molar-refractivity contribution in [1.29, 1.82) is 0 Å². The molecule has 0 bridgehead atoms. The summed E-state index contributed by atoms with van der Waals surface area (Å²) in [4.78, 5) is 14.5. The van der Waals surface area contributed by atoms with Gasteiger partial charge in [0.2, 0.25) is 0 Å². The molecule has 2 aliphatic rings. The van der Waals surface area contributed by atoms with Gasteiger partial charge in [0.1, 0.15) is 5.75 Å². The zero-order valence-electron chi connectivity index (χ0n) is 10.8. The minimum atomic E-state index is 0.0224. The summed E-state index contributed by atoms with van der Waals surface area (Å²) in [5.74, 6) is 1.44. The first-order valence-corrected chi connectivity index (χ1v) is 7.29. The molecule has 0 saturated heterocycles. The fourth-order valence-electron chi connectivity index (χ4n) is 2.29. The van der Waals surface area contributed by atoms with E-state index < -0.39 is 0 Å². The van der Waals surface area contributed by atoms with E-state index in [1.807, 2.05) is 4.90 Å². The molecule has 0 heterocycles. The molecule has 3 nitrogen and oxygen atoms in total. The summed E-state index contributed by atoms with van der Waals surface area (Å²) >= 11 is 5.88. The zero-order valence-corrected chi connectivity index (χ0v) is 11.6. The summed E-state index contributed by atoms with van der Waals surface area (Å²) in [6.45, 7) is 1.74. The Kier molecular flexibility index (Phi) is 3.40. The first-order chi connectivity index (χ1) is 9.13. The maximum absolute atomic E-state index is 12.5. The molecule has 1 amide bonds. The van der Waals surface area contributed by atoms with Crippen LogP contribution in [-0.2, 0) is 0 Å². The Morgan fingerprint density at radius 1 is 1.21 bits per heavy atom. The van der Waals surface area contributed by atoms with Crippen LogP contribution in [0.2, 0.25) is 5.02 Å². The molecule has 102 valence electrons. The molecule has 2 saturated carbocycles. The second-order valence-electron chi connectivity index (χ2n) is 5.76. The van der Waals surface area contributed by atoms with Crippen LogP contribution in [0.1, 0.15) is 36.0 Å². The number of amides is 1. The van der Waals surface area contributed by atoms with Crippen LogP contribution in [0.3, 0.4) is 0 Å². The van der Waals surface area contributed by atoms with E-state index in [-0.39, 0.29) is 16.7 Å². The van der Waals surface area contributed by atoms with Gasteiger partial charge in [0, 0.05) is 18.7 Å². The van der Waals surface area contributed by atoms with E-state index in [4.69, 9.17) is 11.6 Å². The molecule has 1 aromatic rings. The number of rotatable bonds is 5. The first-order valence-electron chi connectivity index (χ1n) is 6.91. The van der Waals surface area contributed by atoms with Crippen molar-refractivity contribution in [3.05, 3.63) is 28.8 Å². The number of benzene rings is 1. The number of carbonyl (C=O) groups is 1. The van der Waals surface area contributed by atoms with E-state index in [0.29, 0.717) is 17.4 Å². The lowest BCUT2D eigenvalue weighted by Gasteiger charge is -2.22. The Hall–Kier alpha value is -1.22. The molecule has 3 rings (SSSR count). The summed E-state index contributed by atoms with van der Waals surface area (Å²) in [6, 6.07) is 4.70. The van der Waals surface area contributed by atoms with Gasteiger partial charge in [0.15, 0.2) is 0 Å². The summed E-state index contributed by atoms with van der Waals surface area (Å²) in [5, 5.41) is 9.66. The number of halogens is 1. The van der Waals surface area contributed by atoms with Gasteiger partial charge in [-0.15, -0.1) is 0 Å². The van der Waals surface area contributed by atoms with Crippen LogP contribution < -0.4 is 0 Å². The lowest BCUT2D eigenvalue weighted by molar-refractivity contribution is 0.0739. The molecule has 0 atom stereocenters. The van der Waals surface area contributed by atoms with Crippen molar-refractivity contribution in [2.24, 2.45) is 11.8 Å². The molecule has 1 aromatic carbocycles. The third-order valence-electron chi connectivity index (χ3n) is 3.83. The average molecular weight is 280 g/mol. The zero-order chi connectivity index (χ0) is 13.4. The predicted octanol–water partition coefficient (Wildman–Crippen LogP) is 3.31. The maximum atomic E-state index is 12.5. The molecule has 2 fully saturated rings. The normalized spacial score (nSPS) is 18.4.